The quantitative estimate of drug-likeness (QED) is 0.661. The van der Waals surface area contributed by atoms with Gasteiger partial charge in [-0.2, -0.15) is 0 Å². The molecule has 0 aromatic heterocycles. The van der Waals surface area contributed by atoms with Crippen LogP contribution in [0, 0.1) is 12.8 Å². The molecule has 106 valence electrons. The molecule has 0 bridgehead atoms. The van der Waals surface area contributed by atoms with E-state index in [1.54, 1.807) is 18.7 Å². The summed E-state index contributed by atoms with van der Waals surface area (Å²) in [6.07, 6.45) is 5.17. The van der Waals surface area contributed by atoms with Gasteiger partial charge in [-0.1, -0.05) is 12.8 Å². The van der Waals surface area contributed by atoms with E-state index in [1.165, 1.54) is 31.7 Å². The molecule has 1 aliphatic rings. The van der Waals surface area contributed by atoms with Gasteiger partial charge in [0.1, 0.15) is 0 Å². The first-order chi connectivity index (χ1) is 8.88. The van der Waals surface area contributed by atoms with E-state index in [-0.39, 0.29) is 4.90 Å². The number of rotatable bonds is 4. The molecule has 1 aromatic rings. The maximum atomic E-state index is 11.5. The summed E-state index contributed by atoms with van der Waals surface area (Å²) in [6, 6.07) is 3.27. The molecule has 0 atom stereocenters. The molecule has 1 saturated carbocycles. The molecule has 19 heavy (non-hydrogen) atoms. The van der Waals surface area contributed by atoms with Crippen molar-refractivity contribution < 1.29 is 8.42 Å². The fourth-order valence-electron chi connectivity index (χ4n) is 2.51. The Bertz CT molecular complexity index is 564. The number of sulfonamides is 1. The Kier molecular flexibility index (Phi) is 4.43. The predicted octanol–water partition coefficient (Wildman–Crippen LogP) is 2.51. The Labute approximate surface area is 119 Å². The number of primary sulfonamides is 1. The average Bonchev–Trinajstić information content (AvgIpc) is 2.81. The molecule has 2 rings (SSSR count). The third-order valence-electron chi connectivity index (χ3n) is 3.59. The maximum Gasteiger partial charge on any atom is 0.238 e. The lowest BCUT2D eigenvalue weighted by Crippen LogP contribution is -2.14. The van der Waals surface area contributed by atoms with Crippen LogP contribution in [0.4, 0.5) is 5.69 Å². The zero-order chi connectivity index (χ0) is 14.0. The van der Waals surface area contributed by atoms with Crippen molar-refractivity contribution in [3.8, 4) is 0 Å². The maximum absolute atomic E-state index is 11.5. The van der Waals surface area contributed by atoms with Crippen molar-refractivity contribution >= 4 is 27.5 Å². The van der Waals surface area contributed by atoms with Crippen LogP contribution in [0.5, 0.6) is 0 Å². The van der Waals surface area contributed by atoms with E-state index >= 15 is 0 Å². The van der Waals surface area contributed by atoms with Gasteiger partial charge in [-0.15, -0.1) is 11.8 Å². The van der Waals surface area contributed by atoms with Gasteiger partial charge in [0, 0.05) is 16.3 Å². The summed E-state index contributed by atoms with van der Waals surface area (Å²) in [4.78, 5) is 1.07. The van der Waals surface area contributed by atoms with Gasteiger partial charge in [0.25, 0.3) is 0 Å². The van der Waals surface area contributed by atoms with Gasteiger partial charge >= 0.3 is 0 Å². The average molecular weight is 300 g/mol. The molecular formula is C13H20N2O2S2. The zero-order valence-corrected chi connectivity index (χ0v) is 12.7. The van der Waals surface area contributed by atoms with Crippen LogP contribution in [0.25, 0.3) is 0 Å². The van der Waals surface area contributed by atoms with Crippen LogP contribution in [-0.2, 0) is 10.0 Å². The number of hydrogen-bond donors (Lipinski definition) is 2. The molecule has 1 aromatic carbocycles. The smallest absolute Gasteiger partial charge is 0.238 e. The highest BCUT2D eigenvalue weighted by molar-refractivity contribution is 7.99. The van der Waals surface area contributed by atoms with Crippen LogP contribution >= 0.6 is 11.8 Å². The fraction of sp³-hybridized carbons (Fsp3) is 0.538. The highest BCUT2D eigenvalue weighted by Crippen LogP contribution is 2.34. The minimum absolute atomic E-state index is 0.140. The summed E-state index contributed by atoms with van der Waals surface area (Å²) in [6.45, 7) is 1.79. The van der Waals surface area contributed by atoms with E-state index in [0.717, 1.165) is 16.6 Å². The van der Waals surface area contributed by atoms with Crippen LogP contribution < -0.4 is 10.9 Å². The minimum Gasteiger partial charge on any atom is -0.399 e. The number of nitrogens with two attached hydrogens (primary N) is 2. The molecule has 0 radical (unpaired) electrons. The first kappa shape index (κ1) is 14.7. The molecule has 0 spiro atoms. The van der Waals surface area contributed by atoms with Crippen molar-refractivity contribution in [2.75, 3.05) is 11.5 Å². The minimum atomic E-state index is -3.71. The summed E-state index contributed by atoms with van der Waals surface area (Å²) >= 11 is 1.69. The highest BCUT2D eigenvalue weighted by atomic mass is 32.2. The van der Waals surface area contributed by atoms with Gasteiger partial charge < -0.3 is 5.73 Å². The van der Waals surface area contributed by atoms with Crippen molar-refractivity contribution in [2.24, 2.45) is 11.1 Å². The lowest BCUT2D eigenvalue weighted by molar-refractivity contribution is 0.597. The third kappa shape index (κ3) is 3.64. The van der Waals surface area contributed by atoms with Gasteiger partial charge in [0.15, 0.2) is 0 Å². The Balaban J connectivity index is 2.22. The SMILES string of the molecule is Cc1c(SCC2CCCC2)cc(N)cc1S(N)(=O)=O. The van der Waals surface area contributed by atoms with Gasteiger partial charge in [0.05, 0.1) is 4.90 Å². The zero-order valence-electron chi connectivity index (χ0n) is 11.1. The number of thioether (sulfide) groups is 1. The summed E-state index contributed by atoms with van der Waals surface area (Å²) in [7, 11) is -3.71. The Morgan fingerprint density at radius 1 is 1.32 bits per heavy atom. The molecule has 0 saturated heterocycles. The van der Waals surface area contributed by atoms with Gasteiger partial charge in [-0.05, 0) is 43.4 Å². The normalized spacial score (nSPS) is 16.9. The van der Waals surface area contributed by atoms with Crippen LogP contribution in [0.15, 0.2) is 21.9 Å². The molecular weight excluding hydrogens is 280 g/mol. The van der Waals surface area contributed by atoms with E-state index < -0.39 is 10.0 Å². The molecule has 6 heteroatoms. The van der Waals surface area contributed by atoms with E-state index in [2.05, 4.69) is 0 Å². The first-order valence-corrected chi connectivity index (χ1v) is 8.97. The van der Waals surface area contributed by atoms with Crippen molar-refractivity contribution in [2.45, 2.75) is 42.4 Å². The molecule has 0 heterocycles. The predicted molar refractivity (Wildman–Crippen MR) is 79.6 cm³/mol. The summed E-state index contributed by atoms with van der Waals surface area (Å²) in [5.41, 5.74) is 6.93. The molecule has 0 unspecified atom stereocenters. The van der Waals surface area contributed by atoms with Crippen LogP contribution in [0.2, 0.25) is 0 Å². The molecule has 0 aliphatic heterocycles. The number of anilines is 1. The van der Waals surface area contributed by atoms with E-state index in [9.17, 15) is 8.42 Å². The van der Waals surface area contributed by atoms with Crippen molar-refractivity contribution in [1.29, 1.82) is 0 Å². The largest absolute Gasteiger partial charge is 0.399 e. The molecule has 1 aliphatic carbocycles. The fourth-order valence-corrected chi connectivity index (χ4v) is 4.71. The van der Waals surface area contributed by atoms with E-state index in [4.69, 9.17) is 10.9 Å². The third-order valence-corrected chi connectivity index (χ3v) is 6.00. The Morgan fingerprint density at radius 2 is 1.95 bits per heavy atom. The highest BCUT2D eigenvalue weighted by Gasteiger charge is 2.18. The van der Waals surface area contributed by atoms with Crippen molar-refractivity contribution in [3.63, 3.8) is 0 Å². The van der Waals surface area contributed by atoms with E-state index in [1.807, 2.05) is 6.07 Å². The molecule has 1 fully saturated rings. The number of nitrogen functional groups attached to an aromatic ring is 1. The second kappa shape index (κ2) is 5.73. The standard InChI is InChI=1S/C13H20N2O2S2/c1-9-12(18-8-10-4-2-3-5-10)6-11(14)7-13(9)19(15,16)17/h6-7,10H,2-5,8,14H2,1H3,(H2,15,16,17). The molecule has 4 nitrogen and oxygen atoms in total. The lowest BCUT2D eigenvalue weighted by Gasteiger charge is -2.13. The summed E-state index contributed by atoms with van der Waals surface area (Å²) in [5, 5.41) is 5.22. The lowest BCUT2D eigenvalue weighted by atomic mass is 10.1. The van der Waals surface area contributed by atoms with Crippen LogP contribution in [0.1, 0.15) is 31.2 Å². The summed E-state index contributed by atoms with van der Waals surface area (Å²) < 4.78 is 23.1. The topological polar surface area (TPSA) is 86.2 Å². The Morgan fingerprint density at radius 3 is 2.53 bits per heavy atom. The van der Waals surface area contributed by atoms with E-state index in [0.29, 0.717) is 11.3 Å². The second-order valence-electron chi connectivity index (χ2n) is 5.15. The summed E-state index contributed by atoms with van der Waals surface area (Å²) in [5.74, 6) is 1.76. The van der Waals surface area contributed by atoms with Crippen LogP contribution in [-0.4, -0.2) is 14.2 Å². The van der Waals surface area contributed by atoms with Crippen molar-refractivity contribution in [1.82, 2.24) is 0 Å². The van der Waals surface area contributed by atoms with Crippen LogP contribution in [0.3, 0.4) is 0 Å². The van der Waals surface area contributed by atoms with Gasteiger partial charge in [0.2, 0.25) is 10.0 Å². The second-order valence-corrected chi connectivity index (χ2v) is 7.74. The molecule has 0 amide bonds. The monoisotopic (exact) mass is 300 g/mol. The first-order valence-electron chi connectivity index (χ1n) is 6.43. The van der Waals surface area contributed by atoms with Gasteiger partial charge in [-0.25, -0.2) is 13.6 Å². The van der Waals surface area contributed by atoms with Gasteiger partial charge in [-0.3, -0.25) is 0 Å². The molecule has 4 N–H and O–H groups in total. The number of hydrogen-bond acceptors (Lipinski definition) is 4. The van der Waals surface area contributed by atoms with Crippen molar-refractivity contribution in [3.05, 3.63) is 17.7 Å². The Hall–Kier alpha value is -0.720. The number of benzene rings is 1.